The highest BCUT2D eigenvalue weighted by atomic mass is 32.1. The number of nitrogens with zero attached hydrogens (tertiary/aromatic N) is 2. The number of thiophene rings is 1. The zero-order chi connectivity index (χ0) is 18.2. The largest absolute Gasteiger partial charge is 0.464 e. The fourth-order valence-electron chi connectivity index (χ4n) is 3.68. The molecule has 27 heavy (non-hydrogen) atoms. The van der Waals surface area contributed by atoms with Crippen LogP contribution in [0, 0.1) is 0 Å². The minimum Gasteiger partial charge on any atom is -0.464 e. The van der Waals surface area contributed by atoms with Gasteiger partial charge in [-0.3, -0.25) is 4.79 Å². The molecule has 1 fully saturated rings. The molecule has 136 valence electrons. The van der Waals surface area contributed by atoms with Crippen molar-refractivity contribution in [2.45, 2.75) is 0 Å². The number of fused-ring (bicyclic) bond motifs is 1. The summed E-state index contributed by atoms with van der Waals surface area (Å²) in [7, 11) is 0. The van der Waals surface area contributed by atoms with E-state index in [2.05, 4.69) is 26.7 Å². The number of hydrogen-bond donors (Lipinski definition) is 1. The maximum atomic E-state index is 13.0. The van der Waals surface area contributed by atoms with Gasteiger partial charge >= 0.3 is 0 Å². The molecule has 1 N–H and O–H groups in total. The Balaban J connectivity index is 1.37. The lowest BCUT2D eigenvalue weighted by molar-refractivity contribution is 0.0747. The average Bonchev–Trinajstić information content (AvgIpc) is 3.48. The van der Waals surface area contributed by atoms with Crippen molar-refractivity contribution in [2.75, 3.05) is 31.1 Å². The summed E-state index contributed by atoms with van der Waals surface area (Å²) in [6, 6.07) is 11.8. The van der Waals surface area contributed by atoms with Crippen molar-refractivity contribution in [1.29, 1.82) is 0 Å². The molecule has 0 saturated carbocycles. The number of nitrogens with one attached hydrogen (secondary N) is 1. The minimum atomic E-state index is 0.0912. The van der Waals surface area contributed by atoms with Gasteiger partial charge in [0.05, 0.1) is 6.26 Å². The zero-order valence-corrected chi connectivity index (χ0v) is 15.5. The fourth-order valence-corrected chi connectivity index (χ4v) is 4.34. The van der Waals surface area contributed by atoms with Gasteiger partial charge in [0.25, 0.3) is 5.91 Å². The smallest absolute Gasteiger partial charge is 0.253 e. The Hall–Kier alpha value is -2.99. The number of aromatic nitrogens is 1. The second-order valence-electron chi connectivity index (χ2n) is 6.70. The molecule has 0 spiro atoms. The summed E-state index contributed by atoms with van der Waals surface area (Å²) in [5.74, 6) is 0.892. The Morgan fingerprint density at radius 3 is 2.74 bits per heavy atom. The normalized spacial score (nSPS) is 14.8. The molecule has 1 aliphatic heterocycles. The van der Waals surface area contributed by atoms with Crippen LogP contribution in [-0.2, 0) is 0 Å². The summed E-state index contributed by atoms with van der Waals surface area (Å²) in [4.78, 5) is 20.6. The molecule has 1 amide bonds. The highest BCUT2D eigenvalue weighted by molar-refractivity contribution is 7.08. The lowest BCUT2D eigenvalue weighted by Gasteiger charge is -2.35. The number of hydrogen-bond acceptors (Lipinski definition) is 4. The van der Waals surface area contributed by atoms with Gasteiger partial charge in [0, 0.05) is 65.5 Å². The van der Waals surface area contributed by atoms with Crippen LogP contribution >= 0.6 is 11.3 Å². The number of amides is 1. The molecule has 1 aliphatic rings. The van der Waals surface area contributed by atoms with Crippen molar-refractivity contribution < 1.29 is 9.21 Å². The third-order valence-electron chi connectivity index (χ3n) is 5.15. The summed E-state index contributed by atoms with van der Waals surface area (Å²) in [5.41, 5.74) is 3.95. The van der Waals surface area contributed by atoms with E-state index in [0.29, 0.717) is 0 Å². The van der Waals surface area contributed by atoms with Gasteiger partial charge in [0.2, 0.25) is 0 Å². The topological polar surface area (TPSA) is 52.5 Å². The summed E-state index contributed by atoms with van der Waals surface area (Å²) in [6.07, 6.45) is 3.59. The Morgan fingerprint density at radius 2 is 2.00 bits per heavy atom. The van der Waals surface area contributed by atoms with Crippen LogP contribution in [0.3, 0.4) is 0 Å². The molecular formula is C21H19N3O2S. The van der Waals surface area contributed by atoms with Crippen LogP contribution in [-0.4, -0.2) is 42.0 Å². The van der Waals surface area contributed by atoms with E-state index in [-0.39, 0.29) is 5.91 Å². The van der Waals surface area contributed by atoms with Gasteiger partial charge in [-0.25, -0.2) is 0 Å². The van der Waals surface area contributed by atoms with Crippen LogP contribution in [0.15, 0.2) is 64.0 Å². The fraction of sp³-hybridized carbons (Fsp3) is 0.190. The summed E-state index contributed by atoms with van der Waals surface area (Å²) in [6.45, 7) is 3.22. The number of carbonyl (C=O) groups is 1. The van der Waals surface area contributed by atoms with E-state index in [4.69, 9.17) is 4.42 Å². The van der Waals surface area contributed by atoms with Gasteiger partial charge in [-0.2, -0.15) is 11.3 Å². The maximum absolute atomic E-state index is 13.0. The third-order valence-corrected chi connectivity index (χ3v) is 5.82. The minimum absolute atomic E-state index is 0.0912. The Kier molecular flexibility index (Phi) is 3.98. The number of piperazine rings is 1. The summed E-state index contributed by atoms with van der Waals surface area (Å²) < 4.78 is 5.53. The highest BCUT2D eigenvalue weighted by Gasteiger charge is 2.23. The number of benzene rings is 1. The molecule has 1 saturated heterocycles. The van der Waals surface area contributed by atoms with Gasteiger partial charge in [-0.15, -0.1) is 0 Å². The average molecular weight is 377 g/mol. The first-order chi connectivity index (χ1) is 13.3. The number of H-pyrrole nitrogens is 1. The van der Waals surface area contributed by atoms with Gasteiger partial charge < -0.3 is 19.2 Å². The van der Waals surface area contributed by atoms with E-state index in [1.165, 1.54) is 5.69 Å². The predicted molar refractivity (Wildman–Crippen MR) is 108 cm³/mol. The Bertz CT molecular complexity index is 1060. The van der Waals surface area contributed by atoms with Gasteiger partial charge in [0.15, 0.2) is 0 Å². The quantitative estimate of drug-likeness (QED) is 0.574. The van der Waals surface area contributed by atoms with E-state index in [1.807, 2.05) is 41.4 Å². The number of aromatic amines is 1. The monoisotopic (exact) mass is 377 g/mol. The molecule has 4 heterocycles. The van der Waals surface area contributed by atoms with Crippen molar-refractivity contribution in [2.24, 2.45) is 0 Å². The van der Waals surface area contributed by atoms with Crippen molar-refractivity contribution in [3.63, 3.8) is 0 Å². The van der Waals surface area contributed by atoms with Crippen LogP contribution in [0.5, 0.6) is 0 Å². The number of anilines is 1. The molecule has 5 rings (SSSR count). The van der Waals surface area contributed by atoms with E-state index in [1.54, 1.807) is 17.6 Å². The maximum Gasteiger partial charge on any atom is 0.253 e. The second kappa shape index (κ2) is 6.63. The summed E-state index contributed by atoms with van der Waals surface area (Å²) in [5, 5.41) is 5.26. The molecule has 0 aliphatic carbocycles. The first-order valence-electron chi connectivity index (χ1n) is 9.01. The Labute approximate surface area is 160 Å². The zero-order valence-electron chi connectivity index (χ0n) is 14.7. The standard InChI is InChI=1S/C21H19N3O2S/c25-21(24-8-6-23(7-9-24)16-5-11-27-14-16)15-3-4-19-17(12-15)18(13-22-19)20-2-1-10-26-20/h1-5,10-14,22H,6-9H2. The Morgan fingerprint density at radius 1 is 1.11 bits per heavy atom. The lowest BCUT2D eigenvalue weighted by Crippen LogP contribution is -2.48. The van der Waals surface area contributed by atoms with Gasteiger partial charge in [0.1, 0.15) is 5.76 Å². The van der Waals surface area contributed by atoms with Crippen molar-refractivity contribution in [1.82, 2.24) is 9.88 Å². The van der Waals surface area contributed by atoms with Crippen LogP contribution in [0.2, 0.25) is 0 Å². The van der Waals surface area contributed by atoms with Crippen molar-refractivity contribution in [3.05, 3.63) is 65.2 Å². The number of carbonyl (C=O) groups excluding carboxylic acids is 1. The molecule has 3 aromatic heterocycles. The van der Waals surface area contributed by atoms with Crippen molar-refractivity contribution >= 4 is 33.8 Å². The summed E-state index contributed by atoms with van der Waals surface area (Å²) >= 11 is 1.71. The molecular weight excluding hydrogens is 358 g/mol. The molecule has 6 heteroatoms. The molecule has 4 aromatic rings. The lowest BCUT2D eigenvalue weighted by atomic mass is 10.1. The van der Waals surface area contributed by atoms with Crippen LogP contribution in [0.25, 0.3) is 22.2 Å². The number of furan rings is 1. The molecule has 0 bridgehead atoms. The van der Waals surface area contributed by atoms with E-state index in [0.717, 1.165) is 54.0 Å². The van der Waals surface area contributed by atoms with Crippen molar-refractivity contribution in [3.8, 4) is 11.3 Å². The van der Waals surface area contributed by atoms with Crippen LogP contribution in [0.4, 0.5) is 5.69 Å². The van der Waals surface area contributed by atoms with E-state index < -0.39 is 0 Å². The van der Waals surface area contributed by atoms with Gasteiger partial charge in [-0.05, 0) is 41.8 Å². The highest BCUT2D eigenvalue weighted by Crippen LogP contribution is 2.30. The molecule has 0 atom stereocenters. The SMILES string of the molecule is O=C(c1ccc2[nH]cc(-c3ccco3)c2c1)N1CCN(c2ccsc2)CC1. The first kappa shape index (κ1) is 16.2. The van der Waals surface area contributed by atoms with Gasteiger partial charge in [-0.1, -0.05) is 0 Å². The number of rotatable bonds is 3. The molecule has 5 nitrogen and oxygen atoms in total. The van der Waals surface area contributed by atoms with Crippen LogP contribution in [0.1, 0.15) is 10.4 Å². The van der Waals surface area contributed by atoms with E-state index in [9.17, 15) is 4.79 Å². The third kappa shape index (κ3) is 2.92. The predicted octanol–water partition coefficient (Wildman–Crippen LogP) is 4.45. The second-order valence-corrected chi connectivity index (χ2v) is 7.48. The first-order valence-corrected chi connectivity index (χ1v) is 9.95. The molecule has 0 unspecified atom stereocenters. The van der Waals surface area contributed by atoms with E-state index >= 15 is 0 Å². The van der Waals surface area contributed by atoms with Crippen LogP contribution < -0.4 is 4.90 Å². The molecule has 0 radical (unpaired) electrons. The molecule has 1 aromatic carbocycles.